The van der Waals surface area contributed by atoms with Gasteiger partial charge in [-0.05, 0) is 0 Å². The topological polar surface area (TPSA) is 164 Å². The van der Waals surface area contributed by atoms with Gasteiger partial charge in [0, 0.05) is 0 Å². The predicted octanol–water partition coefficient (Wildman–Crippen LogP) is -2.67. The van der Waals surface area contributed by atoms with Gasteiger partial charge in [-0.1, -0.05) is 0 Å². The first kappa shape index (κ1) is 23.1. The van der Waals surface area contributed by atoms with E-state index < -0.39 is 43.3 Å². The van der Waals surface area contributed by atoms with Crippen molar-refractivity contribution in [2.45, 2.75) is 37.1 Å². The molecule has 1 aliphatic rings. The number of carbonyl (C=O) groups is 1. The minimum Gasteiger partial charge on any atom is -0.481 e. The molecule has 5 N–H and O–H groups in total. The Balaban J connectivity index is 1.98. The van der Waals surface area contributed by atoms with E-state index in [1.165, 1.54) is 0 Å². The zero-order chi connectivity index (χ0) is 19.4. The predicted molar refractivity (Wildman–Crippen MR) is 84.4 cm³/mol. The van der Waals surface area contributed by atoms with Crippen LogP contribution in [0, 0.1) is 0 Å². The Morgan fingerprint density at radius 2 is 1.35 bits per heavy atom. The van der Waals surface area contributed by atoms with Gasteiger partial charge in [-0.15, -0.1) is 0 Å². The summed E-state index contributed by atoms with van der Waals surface area (Å²) in [5.74, 6) is -0.912. The third kappa shape index (κ3) is 8.66. The molecule has 1 heterocycles. The maximum Gasteiger partial charge on any atom is 0.305 e. The monoisotopic (exact) mass is 384 g/mol. The van der Waals surface area contributed by atoms with Crippen LogP contribution in [-0.4, -0.2) is 115 Å². The number of aliphatic hydroxyl groups is 4. The molecule has 0 aromatic heterocycles. The van der Waals surface area contributed by atoms with E-state index in [4.69, 9.17) is 33.9 Å². The molecule has 0 aromatic carbocycles. The summed E-state index contributed by atoms with van der Waals surface area (Å²) in [5.41, 5.74) is 0. The van der Waals surface area contributed by atoms with E-state index >= 15 is 0 Å². The minimum absolute atomic E-state index is 0.0441. The summed E-state index contributed by atoms with van der Waals surface area (Å²) in [4.78, 5) is 10.2. The summed E-state index contributed by atoms with van der Waals surface area (Å²) in [6.07, 6.45) is -6.55. The lowest BCUT2D eigenvalue weighted by atomic mass is 9.99. The molecule has 0 spiro atoms. The van der Waals surface area contributed by atoms with Crippen LogP contribution in [0.25, 0.3) is 0 Å². The van der Waals surface area contributed by atoms with Gasteiger partial charge in [0.05, 0.1) is 59.3 Å². The number of carboxylic acids is 1. The smallest absolute Gasteiger partial charge is 0.305 e. The first-order valence-electron chi connectivity index (χ1n) is 8.34. The van der Waals surface area contributed by atoms with Crippen molar-refractivity contribution < 1.29 is 54.0 Å². The molecule has 11 nitrogen and oxygen atoms in total. The van der Waals surface area contributed by atoms with Gasteiger partial charge in [0.2, 0.25) is 0 Å². The highest BCUT2D eigenvalue weighted by Gasteiger charge is 2.43. The average molecular weight is 384 g/mol. The zero-order valence-electron chi connectivity index (χ0n) is 14.4. The summed E-state index contributed by atoms with van der Waals surface area (Å²) in [6.45, 7) is 1.13. The Bertz CT molecular complexity index is 379. The first-order valence-corrected chi connectivity index (χ1v) is 8.34. The van der Waals surface area contributed by atoms with Crippen molar-refractivity contribution in [2.24, 2.45) is 0 Å². The number of hydrogen-bond acceptors (Lipinski definition) is 10. The second kappa shape index (κ2) is 13.3. The molecule has 1 aliphatic heterocycles. The third-order valence-electron chi connectivity index (χ3n) is 3.56. The summed E-state index contributed by atoms with van der Waals surface area (Å²) in [7, 11) is 0. The highest BCUT2D eigenvalue weighted by molar-refractivity contribution is 5.66. The van der Waals surface area contributed by atoms with Gasteiger partial charge in [0.1, 0.15) is 24.4 Å². The largest absolute Gasteiger partial charge is 0.481 e. The zero-order valence-corrected chi connectivity index (χ0v) is 14.4. The number of aliphatic hydroxyl groups excluding tert-OH is 4. The molecule has 26 heavy (non-hydrogen) atoms. The van der Waals surface area contributed by atoms with Crippen LogP contribution in [0.1, 0.15) is 6.42 Å². The van der Waals surface area contributed by atoms with Crippen molar-refractivity contribution in [1.29, 1.82) is 0 Å². The second-order valence-corrected chi connectivity index (χ2v) is 5.55. The lowest BCUT2D eigenvalue weighted by molar-refractivity contribution is -0.302. The molecule has 1 fully saturated rings. The molecule has 1 rings (SSSR count). The van der Waals surface area contributed by atoms with Crippen LogP contribution in [0.2, 0.25) is 0 Å². The summed E-state index contributed by atoms with van der Waals surface area (Å²) in [6, 6.07) is 0. The fraction of sp³-hybridized carbons (Fsp3) is 0.933. The van der Waals surface area contributed by atoms with E-state index in [1.807, 2.05) is 0 Å². The minimum atomic E-state index is -1.47. The molecule has 0 bridgehead atoms. The van der Waals surface area contributed by atoms with Crippen molar-refractivity contribution >= 4 is 5.97 Å². The van der Waals surface area contributed by atoms with Crippen LogP contribution in [0.15, 0.2) is 0 Å². The third-order valence-corrected chi connectivity index (χ3v) is 3.56. The first-order chi connectivity index (χ1) is 12.5. The molecule has 1 saturated heterocycles. The molecule has 0 aliphatic carbocycles. The van der Waals surface area contributed by atoms with E-state index in [9.17, 15) is 20.1 Å². The molecular weight excluding hydrogens is 356 g/mol. The summed E-state index contributed by atoms with van der Waals surface area (Å²) in [5, 5.41) is 46.5. The lowest BCUT2D eigenvalue weighted by Crippen LogP contribution is -2.59. The SMILES string of the molecule is O=C(O)CCOCCOCCOCCO[C@@H]1O[C@H](CO)[C@@H](O)[C@H](O)[C@H]1O. The number of rotatable bonds is 14. The lowest BCUT2D eigenvalue weighted by Gasteiger charge is -2.39. The van der Waals surface area contributed by atoms with Crippen LogP contribution < -0.4 is 0 Å². The number of ether oxygens (including phenoxy) is 5. The fourth-order valence-electron chi connectivity index (χ4n) is 2.13. The normalized spacial score (nSPS) is 29.0. The molecule has 5 atom stereocenters. The van der Waals surface area contributed by atoms with Gasteiger partial charge in [-0.2, -0.15) is 0 Å². The van der Waals surface area contributed by atoms with Crippen LogP contribution in [0.3, 0.4) is 0 Å². The highest BCUT2D eigenvalue weighted by atomic mass is 16.7. The number of hydrogen-bond donors (Lipinski definition) is 5. The van der Waals surface area contributed by atoms with Crippen molar-refractivity contribution in [3.8, 4) is 0 Å². The Hall–Kier alpha value is -0.890. The van der Waals surface area contributed by atoms with Crippen LogP contribution >= 0.6 is 0 Å². The molecule has 0 radical (unpaired) electrons. The van der Waals surface area contributed by atoms with E-state index in [1.54, 1.807) is 0 Å². The quantitative estimate of drug-likeness (QED) is 0.198. The Morgan fingerprint density at radius 3 is 1.88 bits per heavy atom. The van der Waals surface area contributed by atoms with E-state index in [-0.39, 0.29) is 26.2 Å². The van der Waals surface area contributed by atoms with Gasteiger partial charge < -0.3 is 49.2 Å². The van der Waals surface area contributed by atoms with E-state index in [0.717, 1.165) is 0 Å². The second-order valence-electron chi connectivity index (χ2n) is 5.55. The Kier molecular flexibility index (Phi) is 11.8. The van der Waals surface area contributed by atoms with Crippen molar-refractivity contribution in [1.82, 2.24) is 0 Å². The standard InChI is InChI=1S/C15H28O11/c16-9-10-12(19)13(20)14(21)15(26-10)25-8-7-24-6-5-23-4-3-22-2-1-11(17)18/h10,12-16,19-21H,1-9H2,(H,17,18)/t10-,12-,13+,14-,15-/m1/s1. The van der Waals surface area contributed by atoms with Gasteiger partial charge in [0.15, 0.2) is 6.29 Å². The summed E-state index contributed by atoms with van der Waals surface area (Å²) >= 11 is 0. The Labute approximate surface area is 151 Å². The number of aliphatic carboxylic acids is 1. The maximum absolute atomic E-state index is 10.2. The maximum atomic E-state index is 10.2. The van der Waals surface area contributed by atoms with Gasteiger partial charge in [-0.3, -0.25) is 4.79 Å². The molecule has 0 aromatic rings. The van der Waals surface area contributed by atoms with E-state index in [0.29, 0.717) is 26.4 Å². The van der Waals surface area contributed by atoms with Crippen molar-refractivity contribution in [3.05, 3.63) is 0 Å². The highest BCUT2D eigenvalue weighted by Crippen LogP contribution is 2.21. The van der Waals surface area contributed by atoms with Crippen LogP contribution in [0.5, 0.6) is 0 Å². The fourth-order valence-corrected chi connectivity index (χ4v) is 2.13. The van der Waals surface area contributed by atoms with Crippen LogP contribution in [-0.2, 0) is 28.5 Å². The van der Waals surface area contributed by atoms with E-state index in [2.05, 4.69) is 0 Å². The average Bonchev–Trinajstić information content (AvgIpc) is 2.62. The molecular formula is C15H28O11. The van der Waals surface area contributed by atoms with Crippen molar-refractivity contribution in [2.75, 3.05) is 52.9 Å². The molecule has 0 saturated carbocycles. The number of carboxylic acid groups (broad SMARTS) is 1. The van der Waals surface area contributed by atoms with Crippen LogP contribution in [0.4, 0.5) is 0 Å². The molecule has 0 amide bonds. The van der Waals surface area contributed by atoms with Gasteiger partial charge in [-0.25, -0.2) is 0 Å². The molecule has 11 heteroatoms. The molecule has 154 valence electrons. The van der Waals surface area contributed by atoms with Gasteiger partial charge in [0.25, 0.3) is 0 Å². The molecule has 0 unspecified atom stereocenters. The van der Waals surface area contributed by atoms with Crippen molar-refractivity contribution in [3.63, 3.8) is 0 Å². The Morgan fingerprint density at radius 1 is 0.808 bits per heavy atom. The van der Waals surface area contributed by atoms with Gasteiger partial charge >= 0.3 is 5.97 Å². The summed E-state index contributed by atoms with van der Waals surface area (Å²) < 4.78 is 25.9.